The largest absolute Gasteiger partial charge is 0.491 e. The Kier molecular flexibility index (Phi) is 7.05. The third kappa shape index (κ3) is 5.80. The van der Waals surface area contributed by atoms with Crippen molar-refractivity contribution in [1.29, 1.82) is 0 Å². The van der Waals surface area contributed by atoms with Gasteiger partial charge in [-0.25, -0.2) is 18.4 Å². The molecule has 0 atom stereocenters. The Bertz CT molecular complexity index is 1220. The maximum atomic E-state index is 12.1. The van der Waals surface area contributed by atoms with Crippen molar-refractivity contribution < 1.29 is 23.1 Å². The average molecular weight is 461 g/mol. The predicted octanol–water partition coefficient (Wildman–Crippen LogP) is 1.84. The van der Waals surface area contributed by atoms with Crippen LogP contribution in [-0.2, 0) is 21.2 Å². The maximum absolute atomic E-state index is 12.1. The number of aliphatic hydroxyl groups is 1. The van der Waals surface area contributed by atoms with E-state index in [1.807, 2.05) is 19.2 Å². The first-order valence-electron chi connectivity index (χ1n) is 9.74. The molecule has 0 aliphatic heterocycles. The third-order valence-corrected chi connectivity index (χ3v) is 5.20. The van der Waals surface area contributed by atoms with Crippen LogP contribution in [0.1, 0.15) is 13.8 Å². The molecule has 0 spiro atoms. The molecule has 3 N–H and O–H groups in total. The Balaban J connectivity index is 2.08. The lowest BCUT2D eigenvalue weighted by molar-refractivity contribution is -0.114. The topological polar surface area (TPSA) is 148 Å². The third-order valence-electron chi connectivity index (χ3n) is 4.23. The van der Waals surface area contributed by atoms with Crippen LogP contribution >= 0.6 is 0 Å². The quantitative estimate of drug-likeness (QED) is 0.435. The number of aryl methyl sites for hydroxylation is 1. The first-order valence-corrected chi connectivity index (χ1v) is 11.6. The smallest absolute Gasteiger partial charge is 0.222 e. The van der Waals surface area contributed by atoms with Crippen molar-refractivity contribution in [2.45, 2.75) is 25.4 Å². The summed E-state index contributed by atoms with van der Waals surface area (Å²) in [6.45, 7) is 3.78. The van der Waals surface area contributed by atoms with Gasteiger partial charge in [0, 0.05) is 55.9 Å². The standard InChI is InChI=1S/C20H24N6O5S/c1-4-26-6-5-16(25-26)15-12-21-18(22-13(2)28)11-17(15)23-19-9-14(31-8-7-27)10-20(24-19)32(3,29)30/h5-6,9-12,27H,4,7-8H2,1-3H3,(H2,21,22,23,24,28). The Labute approximate surface area is 185 Å². The number of hydrogen-bond donors (Lipinski definition) is 3. The predicted molar refractivity (Wildman–Crippen MR) is 119 cm³/mol. The summed E-state index contributed by atoms with van der Waals surface area (Å²) < 4.78 is 31.3. The van der Waals surface area contributed by atoms with E-state index < -0.39 is 9.84 Å². The lowest BCUT2D eigenvalue weighted by atomic mass is 10.1. The van der Waals surface area contributed by atoms with Crippen molar-refractivity contribution in [3.63, 3.8) is 0 Å². The van der Waals surface area contributed by atoms with E-state index in [4.69, 9.17) is 9.84 Å². The van der Waals surface area contributed by atoms with Gasteiger partial charge in [0.25, 0.3) is 0 Å². The number of aliphatic hydroxyl groups excluding tert-OH is 1. The summed E-state index contributed by atoms with van der Waals surface area (Å²) in [5.41, 5.74) is 1.75. The van der Waals surface area contributed by atoms with Crippen molar-refractivity contribution in [3.8, 4) is 17.0 Å². The Morgan fingerprint density at radius 2 is 2.03 bits per heavy atom. The van der Waals surface area contributed by atoms with Gasteiger partial charge < -0.3 is 20.5 Å². The molecule has 1 amide bonds. The molecule has 0 aromatic carbocycles. The highest BCUT2D eigenvalue weighted by Gasteiger charge is 2.16. The van der Waals surface area contributed by atoms with Crippen LogP contribution in [0.15, 0.2) is 41.7 Å². The van der Waals surface area contributed by atoms with Crippen LogP contribution < -0.4 is 15.4 Å². The number of amides is 1. The average Bonchev–Trinajstić information content (AvgIpc) is 3.20. The number of nitrogens with one attached hydrogen (secondary N) is 2. The summed E-state index contributed by atoms with van der Waals surface area (Å²) in [5.74, 6) is 0.431. The number of aromatic nitrogens is 4. The van der Waals surface area contributed by atoms with E-state index in [2.05, 4.69) is 25.7 Å². The molecule has 12 heteroatoms. The molecule has 3 heterocycles. The number of anilines is 3. The highest BCUT2D eigenvalue weighted by molar-refractivity contribution is 7.90. The van der Waals surface area contributed by atoms with Gasteiger partial charge in [-0.3, -0.25) is 9.48 Å². The second kappa shape index (κ2) is 9.75. The summed E-state index contributed by atoms with van der Waals surface area (Å²) in [7, 11) is -3.63. The van der Waals surface area contributed by atoms with Crippen LogP contribution in [0.4, 0.5) is 17.3 Å². The number of pyridine rings is 2. The fraction of sp³-hybridized carbons (Fsp3) is 0.300. The first-order chi connectivity index (χ1) is 15.2. The SMILES string of the molecule is CCn1ccc(-c2cnc(NC(C)=O)cc2Nc2cc(OCCO)cc(S(C)(=O)=O)n2)n1. The second-order valence-corrected chi connectivity index (χ2v) is 8.81. The molecule has 0 fully saturated rings. The summed E-state index contributed by atoms with van der Waals surface area (Å²) >= 11 is 0. The number of nitrogens with zero attached hydrogens (tertiary/aromatic N) is 4. The number of sulfone groups is 1. The van der Waals surface area contributed by atoms with Crippen molar-refractivity contribution >= 4 is 33.1 Å². The number of carbonyl (C=O) groups is 1. The van der Waals surface area contributed by atoms with Gasteiger partial charge in [0.2, 0.25) is 5.91 Å². The highest BCUT2D eigenvalue weighted by atomic mass is 32.2. The van der Waals surface area contributed by atoms with E-state index in [9.17, 15) is 13.2 Å². The maximum Gasteiger partial charge on any atom is 0.222 e. The van der Waals surface area contributed by atoms with Gasteiger partial charge in [-0.2, -0.15) is 5.10 Å². The minimum absolute atomic E-state index is 0.00566. The lowest BCUT2D eigenvalue weighted by Crippen LogP contribution is -2.09. The lowest BCUT2D eigenvalue weighted by Gasteiger charge is -2.14. The van der Waals surface area contributed by atoms with E-state index in [1.165, 1.54) is 19.1 Å². The molecule has 11 nitrogen and oxygen atoms in total. The van der Waals surface area contributed by atoms with Crippen LogP contribution in [-0.4, -0.2) is 58.6 Å². The highest BCUT2D eigenvalue weighted by Crippen LogP contribution is 2.32. The van der Waals surface area contributed by atoms with Crippen molar-refractivity contribution in [1.82, 2.24) is 19.7 Å². The summed E-state index contributed by atoms with van der Waals surface area (Å²) in [5, 5.41) is 19.0. The number of rotatable bonds is 9. The van der Waals surface area contributed by atoms with E-state index in [0.29, 0.717) is 29.3 Å². The van der Waals surface area contributed by atoms with Gasteiger partial charge in [0.15, 0.2) is 14.9 Å². The Hall–Kier alpha value is -3.51. The molecular weight excluding hydrogens is 436 g/mol. The molecule has 170 valence electrons. The van der Waals surface area contributed by atoms with Crippen molar-refractivity contribution in [3.05, 3.63) is 36.7 Å². The van der Waals surface area contributed by atoms with Gasteiger partial charge in [-0.1, -0.05) is 0 Å². The molecule has 0 bridgehead atoms. The van der Waals surface area contributed by atoms with Gasteiger partial charge >= 0.3 is 0 Å². The number of carbonyl (C=O) groups excluding carboxylic acids is 1. The summed E-state index contributed by atoms with van der Waals surface area (Å²) in [6, 6.07) is 6.22. The summed E-state index contributed by atoms with van der Waals surface area (Å²) in [4.78, 5) is 19.9. The fourth-order valence-corrected chi connectivity index (χ4v) is 3.41. The molecule has 3 aromatic heterocycles. The van der Waals surface area contributed by atoms with Crippen LogP contribution in [0.5, 0.6) is 5.75 Å². The monoisotopic (exact) mass is 460 g/mol. The fourth-order valence-electron chi connectivity index (χ4n) is 2.81. The molecule has 0 saturated carbocycles. The molecule has 3 aromatic rings. The van der Waals surface area contributed by atoms with Crippen LogP contribution in [0.2, 0.25) is 0 Å². The molecule has 0 unspecified atom stereocenters. The Morgan fingerprint density at radius 1 is 1.25 bits per heavy atom. The second-order valence-electron chi connectivity index (χ2n) is 6.85. The van der Waals surface area contributed by atoms with E-state index in [0.717, 1.165) is 6.26 Å². The van der Waals surface area contributed by atoms with Gasteiger partial charge in [-0.15, -0.1) is 0 Å². The number of ether oxygens (including phenoxy) is 1. The van der Waals surface area contributed by atoms with E-state index in [1.54, 1.807) is 16.9 Å². The molecule has 0 radical (unpaired) electrons. The minimum Gasteiger partial charge on any atom is -0.491 e. The van der Waals surface area contributed by atoms with Gasteiger partial charge in [0.05, 0.1) is 18.0 Å². The zero-order chi connectivity index (χ0) is 23.3. The van der Waals surface area contributed by atoms with E-state index >= 15 is 0 Å². The van der Waals surface area contributed by atoms with Crippen molar-refractivity contribution in [2.75, 3.05) is 30.1 Å². The van der Waals surface area contributed by atoms with Crippen molar-refractivity contribution in [2.24, 2.45) is 0 Å². The number of hydrogen-bond acceptors (Lipinski definition) is 9. The molecule has 3 rings (SSSR count). The molecule has 0 saturated heterocycles. The van der Waals surface area contributed by atoms with Crippen LogP contribution in [0.25, 0.3) is 11.3 Å². The van der Waals surface area contributed by atoms with Crippen LogP contribution in [0.3, 0.4) is 0 Å². The summed E-state index contributed by atoms with van der Waals surface area (Å²) in [6.07, 6.45) is 4.42. The minimum atomic E-state index is -3.63. The first kappa shape index (κ1) is 23.2. The van der Waals surface area contributed by atoms with Gasteiger partial charge in [0.1, 0.15) is 24.0 Å². The molecule has 0 aliphatic rings. The van der Waals surface area contributed by atoms with E-state index in [-0.39, 0.29) is 35.7 Å². The molecule has 0 aliphatic carbocycles. The molecular formula is C20H24N6O5S. The van der Waals surface area contributed by atoms with Crippen LogP contribution in [0, 0.1) is 0 Å². The Morgan fingerprint density at radius 3 is 2.66 bits per heavy atom. The van der Waals surface area contributed by atoms with Gasteiger partial charge in [-0.05, 0) is 13.0 Å². The molecule has 32 heavy (non-hydrogen) atoms. The zero-order valence-corrected chi connectivity index (χ0v) is 18.7. The zero-order valence-electron chi connectivity index (χ0n) is 17.9. The normalized spacial score (nSPS) is 11.2.